The van der Waals surface area contributed by atoms with E-state index in [0.717, 1.165) is 5.56 Å². The van der Waals surface area contributed by atoms with Crippen molar-refractivity contribution < 1.29 is 14.5 Å². The van der Waals surface area contributed by atoms with E-state index in [0.29, 0.717) is 22.1 Å². The van der Waals surface area contributed by atoms with E-state index in [1.165, 1.54) is 30.5 Å². The number of aromatic nitrogens is 2. The van der Waals surface area contributed by atoms with Crippen LogP contribution >= 0.6 is 11.6 Å². The molecule has 0 atom stereocenters. The number of nitro groups is 1. The number of carbonyl (C=O) groups is 1. The summed E-state index contributed by atoms with van der Waals surface area (Å²) in [4.78, 5) is 31.4. The van der Waals surface area contributed by atoms with Crippen LogP contribution in [0.2, 0.25) is 5.02 Å². The molecule has 0 N–H and O–H groups in total. The van der Waals surface area contributed by atoms with Gasteiger partial charge in [-0.3, -0.25) is 10.1 Å². The number of ether oxygens (including phenoxy) is 1. The molecule has 1 heterocycles. The Kier molecular flexibility index (Phi) is 5.42. The van der Waals surface area contributed by atoms with E-state index in [1.54, 1.807) is 31.2 Å². The van der Waals surface area contributed by atoms with Gasteiger partial charge in [0.25, 0.3) is 5.69 Å². The summed E-state index contributed by atoms with van der Waals surface area (Å²) in [5, 5.41) is 11.5. The molecule has 0 unspecified atom stereocenters. The van der Waals surface area contributed by atoms with Crippen LogP contribution in [0.5, 0.6) is 0 Å². The summed E-state index contributed by atoms with van der Waals surface area (Å²) in [6.45, 7) is 1.91. The monoisotopic (exact) mass is 383 g/mol. The zero-order valence-electron chi connectivity index (χ0n) is 14.3. The number of hydrogen-bond acceptors (Lipinski definition) is 6. The fourth-order valence-corrected chi connectivity index (χ4v) is 2.57. The first-order valence-electron chi connectivity index (χ1n) is 8.04. The topological polar surface area (TPSA) is 95.2 Å². The molecule has 3 aromatic rings. The van der Waals surface area contributed by atoms with Crippen molar-refractivity contribution in [3.8, 4) is 22.6 Å². The van der Waals surface area contributed by atoms with Crippen LogP contribution in [-0.2, 0) is 4.74 Å². The second-order valence-corrected chi connectivity index (χ2v) is 5.92. The summed E-state index contributed by atoms with van der Waals surface area (Å²) in [5.74, 6) is -0.165. The van der Waals surface area contributed by atoms with Gasteiger partial charge < -0.3 is 4.74 Å². The van der Waals surface area contributed by atoms with Crippen molar-refractivity contribution in [3.05, 3.63) is 75.4 Å². The summed E-state index contributed by atoms with van der Waals surface area (Å²) in [6.07, 6.45) is 1.39. The van der Waals surface area contributed by atoms with Gasteiger partial charge in [0.2, 0.25) is 0 Å². The van der Waals surface area contributed by atoms with Crippen molar-refractivity contribution in [1.29, 1.82) is 0 Å². The average Bonchev–Trinajstić information content (AvgIpc) is 2.68. The van der Waals surface area contributed by atoms with Gasteiger partial charge in [0.15, 0.2) is 5.82 Å². The molecule has 0 aliphatic rings. The predicted molar refractivity (Wildman–Crippen MR) is 101 cm³/mol. The zero-order chi connectivity index (χ0) is 19.4. The number of non-ortho nitro benzene ring substituents is 1. The van der Waals surface area contributed by atoms with Crippen molar-refractivity contribution in [3.63, 3.8) is 0 Å². The minimum absolute atomic E-state index is 0.0524. The molecular weight excluding hydrogens is 370 g/mol. The highest BCUT2D eigenvalue weighted by molar-refractivity contribution is 6.30. The Hall–Kier alpha value is -3.32. The maximum atomic E-state index is 12.3. The molecule has 1 aromatic heterocycles. The summed E-state index contributed by atoms with van der Waals surface area (Å²) in [6, 6.07) is 12.7. The first-order valence-corrected chi connectivity index (χ1v) is 8.42. The quantitative estimate of drug-likeness (QED) is 0.364. The summed E-state index contributed by atoms with van der Waals surface area (Å²) >= 11 is 5.91. The molecule has 3 rings (SSSR count). The first-order chi connectivity index (χ1) is 13.0. The van der Waals surface area contributed by atoms with Crippen molar-refractivity contribution >= 4 is 23.3 Å². The maximum absolute atomic E-state index is 12.3. The zero-order valence-corrected chi connectivity index (χ0v) is 15.0. The van der Waals surface area contributed by atoms with Crippen LogP contribution in [-0.4, -0.2) is 27.5 Å². The molecule has 136 valence electrons. The number of rotatable bonds is 5. The molecule has 0 aliphatic carbocycles. The lowest BCUT2D eigenvalue weighted by Gasteiger charge is -2.10. The van der Waals surface area contributed by atoms with Gasteiger partial charge >= 0.3 is 5.97 Å². The molecular formula is C19H14ClN3O4. The summed E-state index contributed by atoms with van der Waals surface area (Å²) < 4.78 is 5.07. The Morgan fingerprint density at radius 3 is 2.33 bits per heavy atom. The Balaban J connectivity index is 2.11. The van der Waals surface area contributed by atoms with Gasteiger partial charge in [-0.15, -0.1) is 0 Å². The minimum atomic E-state index is -0.562. The van der Waals surface area contributed by atoms with E-state index < -0.39 is 10.9 Å². The molecule has 0 saturated heterocycles. The van der Waals surface area contributed by atoms with Gasteiger partial charge in [0, 0.05) is 34.5 Å². The van der Waals surface area contributed by atoms with Gasteiger partial charge in [-0.25, -0.2) is 14.8 Å². The molecule has 8 heteroatoms. The van der Waals surface area contributed by atoms with E-state index >= 15 is 0 Å². The Morgan fingerprint density at radius 2 is 1.74 bits per heavy atom. The van der Waals surface area contributed by atoms with Crippen LogP contribution in [0.3, 0.4) is 0 Å². The molecule has 0 fully saturated rings. The lowest BCUT2D eigenvalue weighted by Crippen LogP contribution is -2.09. The van der Waals surface area contributed by atoms with Crippen LogP contribution < -0.4 is 0 Å². The fraction of sp³-hybridized carbons (Fsp3) is 0.105. The standard InChI is InChI=1S/C19H14ClN3O4/c1-2-27-19(24)16-11-21-18(13-3-7-14(20)8-4-13)22-17(16)12-5-9-15(10-6-12)23(25)26/h3-11H,2H2,1H3. The lowest BCUT2D eigenvalue weighted by molar-refractivity contribution is -0.384. The highest BCUT2D eigenvalue weighted by Gasteiger charge is 2.19. The molecule has 0 saturated carbocycles. The second-order valence-electron chi connectivity index (χ2n) is 5.49. The first kappa shape index (κ1) is 18.5. The number of nitrogens with zero attached hydrogens (tertiary/aromatic N) is 3. The molecule has 0 spiro atoms. The van der Waals surface area contributed by atoms with E-state index in [1.807, 2.05) is 0 Å². The lowest BCUT2D eigenvalue weighted by atomic mass is 10.1. The van der Waals surface area contributed by atoms with Crippen LogP contribution in [0.15, 0.2) is 54.7 Å². The van der Waals surface area contributed by atoms with Crippen molar-refractivity contribution in [1.82, 2.24) is 9.97 Å². The smallest absolute Gasteiger partial charge is 0.341 e. The third-order valence-corrected chi connectivity index (χ3v) is 3.99. The number of hydrogen-bond donors (Lipinski definition) is 0. The van der Waals surface area contributed by atoms with Crippen LogP contribution in [0, 0.1) is 10.1 Å². The van der Waals surface area contributed by atoms with E-state index in [-0.39, 0.29) is 17.9 Å². The SMILES string of the molecule is CCOC(=O)c1cnc(-c2ccc(Cl)cc2)nc1-c1ccc([N+](=O)[O-])cc1. The molecule has 0 amide bonds. The summed E-state index contributed by atoms with van der Waals surface area (Å²) in [7, 11) is 0. The van der Waals surface area contributed by atoms with Crippen molar-refractivity contribution in [2.45, 2.75) is 6.92 Å². The predicted octanol–water partition coefficient (Wildman–Crippen LogP) is 4.55. The van der Waals surface area contributed by atoms with E-state index in [9.17, 15) is 14.9 Å². The van der Waals surface area contributed by atoms with Crippen LogP contribution in [0.4, 0.5) is 5.69 Å². The number of nitro benzene ring substituents is 1. The van der Waals surface area contributed by atoms with Gasteiger partial charge in [-0.1, -0.05) is 11.6 Å². The third-order valence-electron chi connectivity index (χ3n) is 3.74. The van der Waals surface area contributed by atoms with Gasteiger partial charge in [0.1, 0.15) is 5.56 Å². The van der Waals surface area contributed by atoms with Crippen LogP contribution in [0.1, 0.15) is 17.3 Å². The summed E-state index contributed by atoms with van der Waals surface area (Å²) in [5.41, 5.74) is 1.73. The molecule has 0 aliphatic heterocycles. The normalized spacial score (nSPS) is 10.4. The number of halogens is 1. The van der Waals surface area contributed by atoms with Gasteiger partial charge in [0.05, 0.1) is 17.2 Å². The highest BCUT2D eigenvalue weighted by Crippen LogP contribution is 2.27. The molecule has 7 nitrogen and oxygen atoms in total. The van der Waals surface area contributed by atoms with Crippen LogP contribution in [0.25, 0.3) is 22.6 Å². The Morgan fingerprint density at radius 1 is 1.11 bits per heavy atom. The second kappa shape index (κ2) is 7.92. The van der Waals surface area contributed by atoms with Gasteiger partial charge in [-0.05, 0) is 43.3 Å². The van der Waals surface area contributed by atoms with Gasteiger partial charge in [-0.2, -0.15) is 0 Å². The molecule has 0 bridgehead atoms. The molecule has 2 aromatic carbocycles. The maximum Gasteiger partial charge on any atom is 0.341 e. The van der Waals surface area contributed by atoms with E-state index in [2.05, 4.69) is 9.97 Å². The number of carbonyl (C=O) groups excluding carboxylic acids is 1. The van der Waals surface area contributed by atoms with Crippen molar-refractivity contribution in [2.24, 2.45) is 0 Å². The molecule has 27 heavy (non-hydrogen) atoms. The largest absolute Gasteiger partial charge is 0.462 e. The Bertz CT molecular complexity index is 989. The average molecular weight is 384 g/mol. The highest BCUT2D eigenvalue weighted by atomic mass is 35.5. The Labute approximate surface area is 159 Å². The van der Waals surface area contributed by atoms with Crippen molar-refractivity contribution in [2.75, 3.05) is 6.61 Å². The number of benzene rings is 2. The minimum Gasteiger partial charge on any atom is -0.462 e. The third kappa shape index (κ3) is 4.09. The van der Waals surface area contributed by atoms with E-state index in [4.69, 9.17) is 16.3 Å². The fourth-order valence-electron chi connectivity index (χ4n) is 2.44. The molecule has 0 radical (unpaired) electrons. The number of esters is 1.